The molecule has 2 heteroatoms. The van der Waals surface area contributed by atoms with E-state index in [2.05, 4.69) is 32.6 Å². The van der Waals surface area contributed by atoms with Crippen molar-refractivity contribution < 1.29 is 0 Å². The Kier molecular flexibility index (Phi) is 3.96. The minimum atomic E-state index is 0.304. The van der Waals surface area contributed by atoms with Crippen LogP contribution in [0, 0.1) is 5.41 Å². The zero-order valence-corrected chi connectivity index (χ0v) is 10.2. The molecular formula is C12H26N2. The Labute approximate surface area is 88.8 Å². The summed E-state index contributed by atoms with van der Waals surface area (Å²) in [7, 11) is 0. The fraction of sp³-hybridized carbons (Fsp3) is 1.00. The molecule has 0 aliphatic carbocycles. The zero-order valence-electron chi connectivity index (χ0n) is 10.2. The molecule has 1 heterocycles. The number of likely N-dealkylation sites (tertiary alicyclic amines) is 1. The second-order valence-corrected chi connectivity index (χ2v) is 5.85. The van der Waals surface area contributed by atoms with E-state index in [1.165, 1.54) is 25.8 Å². The molecule has 84 valence electrons. The summed E-state index contributed by atoms with van der Waals surface area (Å²) in [5.41, 5.74) is 6.29. The minimum Gasteiger partial charge on any atom is -0.327 e. The molecule has 2 nitrogen and oxygen atoms in total. The van der Waals surface area contributed by atoms with Gasteiger partial charge in [0.2, 0.25) is 0 Å². The van der Waals surface area contributed by atoms with Crippen LogP contribution in [0.25, 0.3) is 0 Å². The van der Waals surface area contributed by atoms with Gasteiger partial charge in [0.15, 0.2) is 0 Å². The first-order valence-corrected chi connectivity index (χ1v) is 5.91. The lowest BCUT2D eigenvalue weighted by atomic mass is 9.80. The van der Waals surface area contributed by atoms with E-state index in [4.69, 9.17) is 5.73 Å². The van der Waals surface area contributed by atoms with E-state index in [-0.39, 0.29) is 0 Å². The molecule has 0 saturated carbocycles. The van der Waals surface area contributed by atoms with Crippen LogP contribution in [0.2, 0.25) is 0 Å². The van der Waals surface area contributed by atoms with Crippen LogP contribution in [0.15, 0.2) is 0 Å². The van der Waals surface area contributed by atoms with Crippen molar-refractivity contribution >= 4 is 0 Å². The summed E-state index contributed by atoms with van der Waals surface area (Å²) in [6, 6.07) is 1.03. The first-order valence-electron chi connectivity index (χ1n) is 5.91. The Morgan fingerprint density at radius 1 is 1.36 bits per heavy atom. The summed E-state index contributed by atoms with van der Waals surface area (Å²) in [5.74, 6) is 0. The Balaban J connectivity index is 2.59. The molecule has 2 atom stereocenters. The van der Waals surface area contributed by atoms with Gasteiger partial charge in [0.1, 0.15) is 0 Å². The molecule has 0 spiro atoms. The van der Waals surface area contributed by atoms with Gasteiger partial charge in [0, 0.05) is 18.6 Å². The third-order valence-electron chi connectivity index (χ3n) is 3.14. The summed E-state index contributed by atoms with van der Waals surface area (Å²) < 4.78 is 0. The Morgan fingerprint density at radius 3 is 2.50 bits per heavy atom. The zero-order chi connectivity index (χ0) is 10.8. The molecule has 2 N–H and O–H groups in total. The van der Waals surface area contributed by atoms with E-state index in [1.54, 1.807) is 0 Å². The van der Waals surface area contributed by atoms with E-state index < -0.39 is 0 Å². The maximum absolute atomic E-state index is 5.89. The molecule has 2 unspecified atom stereocenters. The van der Waals surface area contributed by atoms with Crippen LogP contribution in [0.3, 0.4) is 0 Å². The maximum Gasteiger partial charge on any atom is 0.0144 e. The van der Waals surface area contributed by atoms with Crippen LogP contribution in [0.5, 0.6) is 0 Å². The van der Waals surface area contributed by atoms with Crippen molar-refractivity contribution in [3.8, 4) is 0 Å². The van der Waals surface area contributed by atoms with Crippen molar-refractivity contribution in [3.05, 3.63) is 0 Å². The lowest BCUT2D eigenvalue weighted by Gasteiger charge is -2.44. The first kappa shape index (κ1) is 12.0. The van der Waals surface area contributed by atoms with Crippen LogP contribution in [-0.2, 0) is 0 Å². The lowest BCUT2D eigenvalue weighted by Crippen LogP contribution is -2.50. The molecule has 0 radical (unpaired) electrons. The number of nitrogens with two attached hydrogens (primary N) is 1. The Morgan fingerprint density at radius 2 is 2.00 bits per heavy atom. The van der Waals surface area contributed by atoms with Crippen LogP contribution in [0.4, 0.5) is 0 Å². The van der Waals surface area contributed by atoms with Gasteiger partial charge in [0.25, 0.3) is 0 Å². The van der Waals surface area contributed by atoms with E-state index in [0.29, 0.717) is 11.5 Å². The SMILES string of the molecule is CC(N)CN1CCCCC1C(C)(C)C. The van der Waals surface area contributed by atoms with Crippen molar-refractivity contribution in [1.82, 2.24) is 4.90 Å². The van der Waals surface area contributed by atoms with Crippen molar-refractivity contribution in [2.75, 3.05) is 13.1 Å². The molecule has 0 amide bonds. The van der Waals surface area contributed by atoms with E-state index in [0.717, 1.165) is 12.6 Å². The molecule has 1 aliphatic heterocycles. The van der Waals surface area contributed by atoms with E-state index in [1.807, 2.05) is 0 Å². The lowest BCUT2D eigenvalue weighted by molar-refractivity contribution is 0.0603. The summed E-state index contributed by atoms with van der Waals surface area (Å²) in [6.45, 7) is 11.4. The number of hydrogen-bond acceptors (Lipinski definition) is 2. The quantitative estimate of drug-likeness (QED) is 0.737. The molecule has 0 aromatic rings. The summed E-state index contributed by atoms with van der Waals surface area (Å²) in [5, 5.41) is 0. The van der Waals surface area contributed by atoms with Crippen molar-refractivity contribution in [2.24, 2.45) is 11.1 Å². The van der Waals surface area contributed by atoms with Gasteiger partial charge in [-0.05, 0) is 31.7 Å². The summed E-state index contributed by atoms with van der Waals surface area (Å²) >= 11 is 0. The first-order chi connectivity index (χ1) is 6.41. The molecule has 0 aromatic carbocycles. The molecule has 1 aliphatic rings. The fourth-order valence-corrected chi connectivity index (χ4v) is 2.56. The third kappa shape index (κ3) is 3.25. The molecule has 0 aromatic heterocycles. The van der Waals surface area contributed by atoms with E-state index in [9.17, 15) is 0 Å². The molecule has 1 fully saturated rings. The van der Waals surface area contributed by atoms with Crippen LogP contribution < -0.4 is 5.73 Å². The number of rotatable bonds is 2. The van der Waals surface area contributed by atoms with Gasteiger partial charge in [-0.25, -0.2) is 0 Å². The van der Waals surface area contributed by atoms with Gasteiger partial charge in [-0.2, -0.15) is 0 Å². The molecule has 0 bridgehead atoms. The van der Waals surface area contributed by atoms with Gasteiger partial charge in [0.05, 0.1) is 0 Å². The van der Waals surface area contributed by atoms with Gasteiger partial charge in [-0.1, -0.05) is 27.2 Å². The highest BCUT2D eigenvalue weighted by atomic mass is 15.2. The maximum atomic E-state index is 5.89. The second kappa shape index (κ2) is 4.63. The predicted molar refractivity (Wildman–Crippen MR) is 62.3 cm³/mol. The average molecular weight is 198 g/mol. The van der Waals surface area contributed by atoms with Crippen LogP contribution >= 0.6 is 0 Å². The molecule has 1 rings (SSSR count). The number of nitrogens with zero attached hydrogens (tertiary/aromatic N) is 1. The highest BCUT2D eigenvalue weighted by Crippen LogP contribution is 2.31. The van der Waals surface area contributed by atoms with Crippen molar-refractivity contribution in [3.63, 3.8) is 0 Å². The highest BCUT2D eigenvalue weighted by molar-refractivity contribution is 4.87. The molecule has 1 saturated heterocycles. The topological polar surface area (TPSA) is 29.3 Å². The molecule has 14 heavy (non-hydrogen) atoms. The average Bonchev–Trinajstić information content (AvgIpc) is 2.01. The van der Waals surface area contributed by atoms with Gasteiger partial charge in [-0.3, -0.25) is 4.90 Å². The number of hydrogen-bond donors (Lipinski definition) is 1. The van der Waals surface area contributed by atoms with Gasteiger partial charge in [-0.15, -0.1) is 0 Å². The van der Waals surface area contributed by atoms with Gasteiger partial charge < -0.3 is 5.73 Å². The van der Waals surface area contributed by atoms with Crippen LogP contribution in [-0.4, -0.2) is 30.1 Å². The normalized spacial score (nSPS) is 27.6. The highest BCUT2D eigenvalue weighted by Gasteiger charge is 2.32. The summed E-state index contributed by atoms with van der Waals surface area (Å²) in [6.07, 6.45) is 4.08. The smallest absolute Gasteiger partial charge is 0.0144 e. The Bertz CT molecular complexity index is 170. The summed E-state index contributed by atoms with van der Waals surface area (Å²) in [4.78, 5) is 2.59. The van der Waals surface area contributed by atoms with Crippen LogP contribution in [0.1, 0.15) is 47.0 Å². The molecular weight excluding hydrogens is 172 g/mol. The number of piperidine rings is 1. The van der Waals surface area contributed by atoms with Crippen molar-refractivity contribution in [1.29, 1.82) is 0 Å². The third-order valence-corrected chi connectivity index (χ3v) is 3.14. The largest absolute Gasteiger partial charge is 0.327 e. The minimum absolute atomic E-state index is 0.304. The monoisotopic (exact) mass is 198 g/mol. The van der Waals surface area contributed by atoms with Gasteiger partial charge >= 0.3 is 0 Å². The second-order valence-electron chi connectivity index (χ2n) is 5.85. The Hall–Kier alpha value is -0.0800. The predicted octanol–water partition coefficient (Wildman–Crippen LogP) is 2.23. The van der Waals surface area contributed by atoms with E-state index >= 15 is 0 Å². The standard InChI is InChI=1S/C12H26N2/c1-10(13)9-14-8-6-5-7-11(14)12(2,3)4/h10-11H,5-9,13H2,1-4H3. The van der Waals surface area contributed by atoms with Crippen molar-refractivity contribution in [2.45, 2.75) is 59.0 Å². The fourth-order valence-electron chi connectivity index (χ4n) is 2.56.